The van der Waals surface area contributed by atoms with Crippen LogP contribution in [0.2, 0.25) is 5.02 Å². The summed E-state index contributed by atoms with van der Waals surface area (Å²) in [6.45, 7) is 0.703. The highest BCUT2D eigenvalue weighted by Crippen LogP contribution is 2.25. The Bertz CT molecular complexity index is 739. The average molecular weight is 300 g/mol. The molecule has 0 aliphatic carbocycles. The van der Waals surface area contributed by atoms with Crippen LogP contribution in [0.15, 0.2) is 48.5 Å². The van der Waals surface area contributed by atoms with Crippen LogP contribution >= 0.6 is 11.6 Å². The fraction of sp³-hybridized carbons (Fsp3) is 0.133. The van der Waals surface area contributed by atoms with Gasteiger partial charge in [-0.3, -0.25) is 0 Å². The molecule has 0 radical (unpaired) electrons. The summed E-state index contributed by atoms with van der Waals surface area (Å²) >= 11 is 6.05. The van der Waals surface area contributed by atoms with Gasteiger partial charge in [-0.2, -0.15) is 0 Å². The molecule has 0 amide bonds. The highest BCUT2D eigenvalue weighted by molar-refractivity contribution is 6.33. The predicted molar refractivity (Wildman–Crippen MR) is 82.8 cm³/mol. The molecule has 0 spiro atoms. The summed E-state index contributed by atoms with van der Waals surface area (Å²) < 4.78 is 1.77. The van der Waals surface area contributed by atoms with Crippen molar-refractivity contribution in [3.8, 4) is 11.4 Å². The lowest BCUT2D eigenvalue weighted by atomic mass is 10.1. The normalized spacial score (nSPS) is 10.7. The van der Waals surface area contributed by atoms with Gasteiger partial charge < -0.3 is 5.73 Å². The minimum Gasteiger partial charge on any atom is -0.398 e. The van der Waals surface area contributed by atoms with Crippen LogP contribution in [-0.4, -0.2) is 20.2 Å². The van der Waals surface area contributed by atoms with Gasteiger partial charge in [0.1, 0.15) is 0 Å². The first-order chi connectivity index (χ1) is 10.2. The van der Waals surface area contributed by atoms with Gasteiger partial charge >= 0.3 is 0 Å². The van der Waals surface area contributed by atoms with Gasteiger partial charge in [0.2, 0.25) is 0 Å². The number of hydrogen-bond acceptors (Lipinski definition) is 4. The molecule has 3 rings (SSSR count). The molecule has 0 fully saturated rings. The van der Waals surface area contributed by atoms with E-state index >= 15 is 0 Å². The number of nitrogens with zero attached hydrogens (tertiary/aromatic N) is 4. The second-order valence-electron chi connectivity index (χ2n) is 4.70. The molecule has 1 aromatic heterocycles. The molecular formula is C15H14ClN5. The third kappa shape index (κ3) is 3.03. The molecular weight excluding hydrogens is 286 g/mol. The van der Waals surface area contributed by atoms with Crippen molar-refractivity contribution in [2.24, 2.45) is 0 Å². The molecule has 0 saturated carbocycles. The molecule has 2 N–H and O–H groups in total. The smallest absolute Gasteiger partial charge is 0.182 e. The SMILES string of the molecule is Nc1ccc(-c2nnnn2CCc2ccccc2)cc1Cl. The number of benzene rings is 2. The molecule has 6 heteroatoms. The minimum absolute atomic E-state index is 0.505. The molecule has 0 aliphatic heterocycles. The van der Waals surface area contributed by atoms with Crippen LogP contribution in [-0.2, 0) is 13.0 Å². The van der Waals surface area contributed by atoms with Crippen molar-refractivity contribution >= 4 is 17.3 Å². The Kier molecular flexibility index (Phi) is 3.83. The van der Waals surface area contributed by atoms with Crippen molar-refractivity contribution in [1.82, 2.24) is 20.2 Å². The number of nitrogens with two attached hydrogens (primary N) is 1. The van der Waals surface area contributed by atoms with E-state index in [0.29, 0.717) is 23.1 Å². The minimum atomic E-state index is 0.505. The number of tetrazole rings is 1. The maximum absolute atomic E-state index is 6.05. The second-order valence-corrected chi connectivity index (χ2v) is 5.10. The molecule has 0 atom stereocenters. The van der Waals surface area contributed by atoms with Crippen LogP contribution in [0.25, 0.3) is 11.4 Å². The maximum atomic E-state index is 6.05. The number of hydrogen-bond donors (Lipinski definition) is 1. The summed E-state index contributed by atoms with van der Waals surface area (Å²) in [4.78, 5) is 0. The highest BCUT2D eigenvalue weighted by Gasteiger charge is 2.10. The Hall–Kier alpha value is -2.40. The molecule has 0 bridgehead atoms. The predicted octanol–water partition coefficient (Wildman–Crippen LogP) is 2.82. The second kappa shape index (κ2) is 5.93. The lowest BCUT2D eigenvalue weighted by molar-refractivity contribution is 0.594. The molecule has 21 heavy (non-hydrogen) atoms. The van der Waals surface area contributed by atoms with Gasteiger partial charge in [-0.25, -0.2) is 4.68 Å². The molecule has 0 unspecified atom stereocenters. The van der Waals surface area contributed by atoms with E-state index in [2.05, 4.69) is 27.7 Å². The number of halogens is 1. The molecule has 106 valence electrons. The van der Waals surface area contributed by atoms with Gasteiger partial charge in [-0.05, 0) is 40.6 Å². The first kappa shape index (κ1) is 13.6. The third-order valence-corrected chi connectivity index (χ3v) is 3.57. The van der Waals surface area contributed by atoms with Gasteiger partial charge in [0.05, 0.1) is 10.7 Å². The highest BCUT2D eigenvalue weighted by atomic mass is 35.5. The quantitative estimate of drug-likeness (QED) is 0.752. The first-order valence-electron chi connectivity index (χ1n) is 6.59. The fourth-order valence-electron chi connectivity index (χ4n) is 2.11. The van der Waals surface area contributed by atoms with E-state index in [1.54, 1.807) is 16.8 Å². The molecule has 5 nitrogen and oxygen atoms in total. The van der Waals surface area contributed by atoms with Crippen molar-refractivity contribution in [1.29, 1.82) is 0 Å². The molecule has 0 saturated heterocycles. The van der Waals surface area contributed by atoms with Crippen molar-refractivity contribution < 1.29 is 0 Å². The zero-order valence-corrected chi connectivity index (χ0v) is 12.0. The van der Waals surface area contributed by atoms with Crippen molar-refractivity contribution in [2.75, 3.05) is 5.73 Å². The van der Waals surface area contributed by atoms with Crippen LogP contribution in [0.3, 0.4) is 0 Å². The monoisotopic (exact) mass is 299 g/mol. The van der Waals surface area contributed by atoms with Gasteiger partial charge in [0.25, 0.3) is 0 Å². The average Bonchev–Trinajstić information content (AvgIpc) is 2.97. The van der Waals surface area contributed by atoms with Gasteiger partial charge in [-0.1, -0.05) is 41.9 Å². The van der Waals surface area contributed by atoms with E-state index in [1.807, 2.05) is 24.3 Å². The van der Waals surface area contributed by atoms with Crippen LogP contribution in [0.5, 0.6) is 0 Å². The Morgan fingerprint density at radius 1 is 1.10 bits per heavy atom. The molecule has 3 aromatic rings. The van der Waals surface area contributed by atoms with Crippen LogP contribution in [0.1, 0.15) is 5.56 Å². The van der Waals surface area contributed by atoms with Crippen molar-refractivity contribution in [3.05, 3.63) is 59.1 Å². The Labute approximate surface area is 127 Å². The number of aromatic nitrogens is 4. The summed E-state index contributed by atoms with van der Waals surface area (Å²) in [6, 6.07) is 15.6. The van der Waals surface area contributed by atoms with E-state index in [-0.39, 0.29) is 0 Å². The number of aryl methyl sites for hydroxylation is 2. The summed E-state index contributed by atoms with van der Waals surface area (Å²) in [5.41, 5.74) is 8.37. The molecule has 2 aromatic carbocycles. The van der Waals surface area contributed by atoms with E-state index in [0.717, 1.165) is 12.0 Å². The standard InChI is InChI=1S/C15H14ClN5/c16-13-10-12(6-7-14(13)17)15-18-19-20-21(15)9-8-11-4-2-1-3-5-11/h1-7,10H,8-9,17H2. The van der Waals surface area contributed by atoms with E-state index in [4.69, 9.17) is 17.3 Å². The van der Waals surface area contributed by atoms with Gasteiger partial charge in [-0.15, -0.1) is 5.10 Å². The number of nitrogen functional groups attached to an aromatic ring is 1. The topological polar surface area (TPSA) is 69.6 Å². The van der Waals surface area contributed by atoms with Gasteiger partial charge in [0, 0.05) is 12.1 Å². The lowest BCUT2D eigenvalue weighted by Crippen LogP contribution is -2.05. The molecule has 0 aliphatic rings. The largest absolute Gasteiger partial charge is 0.398 e. The van der Waals surface area contributed by atoms with E-state index in [9.17, 15) is 0 Å². The lowest BCUT2D eigenvalue weighted by Gasteiger charge is -2.06. The maximum Gasteiger partial charge on any atom is 0.182 e. The van der Waals surface area contributed by atoms with Crippen LogP contribution in [0, 0.1) is 0 Å². The Balaban J connectivity index is 1.82. The van der Waals surface area contributed by atoms with Gasteiger partial charge in [0.15, 0.2) is 5.82 Å². The number of anilines is 1. The van der Waals surface area contributed by atoms with Crippen LogP contribution in [0.4, 0.5) is 5.69 Å². The summed E-state index contributed by atoms with van der Waals surface area (Å²) in [5, 5.41) is 12.4. The third-order valence-electron chi connectivity index (χ3n) is 3.25. The molecule has 1 heterocycles. The summed E-state index contributed by atoms with van der Waals surface area (Å²) in [6.07, 6.45) is 0.863. The number of rotatable bonds is 4. The van der Waals surface area contributed by atoms with E-state index < -0.39 is 0 Å². The van der Waals surface area contributed by atoms with Crippen molar-refractivity contribution in [3.63, 3.8) is 0 Å². The Morgan fingerprint density at radius 3 is 2.67 bits per heavy atom. The summed E-state index contributed by atoms with van der Waals surface area (Å²) in [5.74, 6) is 0.688. The van der Waals surface area contributed by atoms with E-state index in [1.165, 1.54) is 5.56 Å². The Morgan fingerprint density at radius 2 is 1.90 bits per heavy atom. The zero-order chi connectivity index (χ0) is 14.7. The summed E-state index contributed by atoms with van der Waals surface area (Å²) in [7, 11) is 0. The fourth-order valence-corrected chi connectivity index (χ4v) is 2.29. The van der Waals surface area contributed by atoms with Crippen LogP contribution < -0.4 is 5.73 Å². The first-order valence-corrected chi connectivity index (χ1v) is 6.97. The van der Waals surface area contributed by atoms with Crippen molar-refractivity contribution in [2.45, 2.75) is 13.0 Å². The zero-order valence-electron chi connectivity index (χ0n) is 11.3.